The number of fused-ring (bicyclic) bond motifs is 5. The van der Waals surface area contributed by atoms with Crippen LogP contribution in [0.5, 0.6) is 0 Å². The van der Waals surface area contributed by atoms with E-state index < -0.39 is 7.38 Å². The van der Waals surface area contributed by atoms with Crippen LogP contribution in [-0.4, -0.2) is 148 Å². The molecule has 11 atom stereocenters. The van der Waals surface area contributed by atoms with Crippen LogP contribution in [0.25, 0.3) is 0 Å². The van der Waals surface area contributed by atoms with E-state index in [1.54, 1.807) is 0 Å². The summed E-state index contributed by atoms with van der Waals surface area (Å²) in [5.41, 5.74) is 18.2. The lowest BCUT2D eigenvalue weighted by Crippen LogP contribution is -2.63. The van der Waals surface area contributed by atoms with Gasteiger partial charge in [-0.15, -0.1) is 0 Å². The van der Waals surface area contributed by atoms with Gasteiger partial charge in [0.15, 0.2) is 0 Å². The summed E-state index contributed by atoms with van der Waals surface area (Å²) in [5.74, 6) is 3.25. The Hall–Kier alpha value is -1.11. The summed E-state index contributed by atoms with van der Waals surface area (Å²) in [4.78, 5) is 27.9. The van der Waals surface area contributed by atoms with E-state index in [0.717, 1.165) is 116 Å². The van der Waals surface area contributed by atoms with Crippen LogP contribution in [0, 0.1) is 46.3 Å². The van der Waals surface area contributed by atoms with Gasteiger partial charge in [0.25, 0.3) is 0 Å². The number of unbranched alkanes of at least 4 members (excludes halogenated alkanes) is 6. The van der Waals surface area contributed by atoms with Gasteiger partial charge in [0.05, 0.1) is 58.0 Å². The van der Waals surface area contributed by atoms with E-state index in [0.29, 0.717) is 127 Å². The third-order valence-corrected chi connectivity index (χ3v) is 20.0. The number of nitrogens with two attached hydrogens (primary N) is 3. The Morgan fingerprint density at radius 2 is 1.30 bits per heavy atom. The number of halogens is 1. The van der Waals surface area contributed by atoms with Gasteiger partial charge in [0, 0.05) is 57.8 Å². The van der Waals surface area contributed by atoms with E-state index in [9.17, 15) is 9.59 Å². The highest BCUT2D eigenvalue weighted by Gasteiger charge is 2.66. The third kappa shape index (κ3) is 21.6. The van der Waals surface area contributed by atoms with Gasteiger partial charge in [-0.05, 0) is 156 Å². The topological polar surface area (TPSA) is 195 Å². The SMILES string of the molecule is CCCCCCCCN(CCC[C@@H](C)[C@H]1CC[C@H]2[C@@H]3[C@H](OCCCN)C[C@@H]4C[C@H](OCCCN)CC[C@]4(C)[C@H]3C[C@H](OCCCN)[C@]12C)C(=O)NCCOCCOCCOCCNC(=O)CCCC[Si](C)(C)Cl. The highest BCUT2D eigenvalue weighted by atomic mass is 35.6. The highest BCUT2D eigenvalue weighted by Crippen LogP contribution is 2.69. The molecule has 4 aliphatic rings. The van der Waals surface area contributed by atoms with Crippen molar-refractivity contribution in [2.75, 3.05) is 105 Å². The molecule has 0 heterocycles. The average Bonchev–Trinajstić information content (AvgIpc) is 3.72. The smallest absolute Gasteiger partial charge is 0.317 e. The molecule has 428 valence electrons. The molecular formula is C57H111ClN6O8Si. The van der Waals surface area contributed by atoms with Crippen molar-refractivity contribution in [3.63, 3.8) is 0 Å². The summed E-state index contributed by atoms with van der Waals surface area (Å²) in [7, 11) is -1.56. The lowest BCUT2D eigenvalue weighted by atomic mass is 9.43. The van der Waals surface area contributed by atoms with Crippen LogP contribution < -0.4 is 27.8 Å². The normalized spacial score (nSPS) is 28.3. The lowest BCUT2D eigenvalue weighted by molar-refractivity contribution is -0.227. The van der Waals surface area contributed by atoms with Crippen molar-refractivity contribution in [2.45, 2.75) is 200 Å². The second-order valence-corrected chi connectivity index (χ2v) is 30.7. The molecule has 16 heteroatoms. The predicted octanol–water partition coefficient (Wildman–Crippen LogP) is 9.64. The molecule has 14 nitrogen and oxygen atoms in total. The minimum Gasteiger partial charge on any atom is -0.378 e. The maximum Gasteiger partial charge on any atom is 0.317 e. The molecular weight excluding hydrogens is 960 g/mol. The molecule has 0 aromatic carbocycles. The van der Waals surface area contributed by atoms with E-state index in [1.807, 2.05) is 0 Å². The molecule has 0 radical (unpaired) electrons. The number of amides is 3. The number of nitrogens with zero attached hydrogens (tertiary/aromatic N) is 1. The number of hydrogen-bond donors (Lipinski definition) is 5. The summed E-state index contributed by atoms with van der Waals surface area (Å²) in [6, 6.07) is 1.04. The van der Waals surface area contributed by atoms with Crippen LogP contribution in [0.3, 0.4) is 0 Å². The van der Waals surface area contributed by atoms with Gasteiger partial charge in [-0.1, -0.05) is 79.3 Å². The number of carbonyl (C=O) groups is 2. The van der Waals surface area contributed by atoms with Gasteiger partial charge < -0.3 is 61.2 Å². The molecule has 0 aromatic heterocycles. The maximum absolute atomic E-state index is 13.8. The zero-order chi connectivity index (χ0) is 53.0. The van der Waals surface area contributed by atoms with Crippen molar-refractivity contribution in [3.8, 4) is 0 Å². The minimum atomic E-state index is -1.56. The van der Waals surface area contributed by atoms with Crippen LogP contribution in [0.4, 0.5) is 4.79 Å². The van der Waals surface area contributed by atoms with Crippen LogP contribution >= 0.6 is 11.1 Å². The van der Waals surface area contributed by atoms with Crippen molar-refractivity contribution in [2.24, 2.45) is 63.5 Å². The molecule has 0 aromatic rings. The van der Waals surface area contributed by atoms with Crippen molar-refractivity contribution in [1.29, 1.82) is 0 Å². The summed E-state index contributed by atoms with van der Waals surface area (Å²) in [6.45, 7) is 23.6. The number of carbonyl (C=O) groups excluding carboxylic acids is 2. The molecule has 0 saturated heterocycles. The quantitative estimate of drug-likeness (QED) is 0.0222. The number of urea groups is 1. The monoisotopic (exact) mass is 1070 g/mol. The summed E-state index contributed by atoms with van der Waals surface area (Å²) in [5, 5.41) is 6.08. The van der Waals surface area contributed by atoms with Crippen LogP contribution in [0.2, 0.25) is 19.1 Å². The predicted molar refractivity (Wildman–Crippen MR) is 300 cm³/mol. The Morgan fingerprint density at radius 3 is 1.97 bits per heavy atom. The molecule has 0 spiro atoms. The molecule has 4 rings (SSSR count). The Bertz CT molecular complexity index is 1490. The zero-order valence-electron chi connectivity index (χ0n) is 47.4. The lowest BCUT2D eigenvalue weighted by Gasteiger charge is -2.65. The average molecular weight is 1070 g/mol. The molecule has 4 aliphatic carbocycles. The fourth-order valence-electron chi connectivity index (χ4n) is 13.9. The Kier molecular flexibility index (Phi) is 31.2. The molecule has 73 heavy (non-hydrogen) atoms. The van der Waals surface area contributed by atoms with Crippen molar-refractivity contribution < 1.29 is 38.0 Å². The number of ether oxygens (including phenoxy) is 6. The van der Waals surface area contributed by atoms with Crippen molar-refractivity contribution >= 4 is 30.4 Å². The molecule has 8 N–H and O–H groups in total. The Labute approximate surface area is 450 Å². The van der Waals surface area contributed by atoms with Gasteiger partial charge >= 0.3 is 6.03 Å². The van der Waals surface area contributed by atoms with Gasteiger partial charge in [0.1, 0.15) is 7.38 Å². The second-order valence-electron chi connectivity index (χ2n) is 23.7. The zero-order valence-corrected chi connectivity index (χ0v) is 49.1. The van der Waals surface area contributed by atoms with Gasteiger partial charge in [-0.25, -0.2) is 4.79 Å². The first-order chi connectivity index (χ1) is 35.2. The summed E-state index contributed by atoms with van der Waals surface area (Å²) >= 11 is 6.37. The van der Waals surface area contributed by atoms with E-state index in [-0.39, 0.29) is 35.0 Å². The maximum atomic E-state index is 13.8. The Balaban J connectivity index is 1.27. The van der Waals surface area contributed by atoms with Crippen molar-refractivity contribution in [1.82, 2.24) is 15.5 Å². The summed E-state index contributed by atoms with van der Waals surface area (Å²) in [6.07, 6.45) is 23.1. The molecule has 4 fully saturated rings. The molecule has 3 amide bonds. The number of rotatable bonds is 41. The molecule has 0 aliphatic heterocycles. The fourth-order valence-corrected chi connectivity index (χ4v) is 15.4. The van der Waals surface area contributed by atoms with Gasteiger partial charge in [-0.3, -0.25) is 4.79 Å². The second kappa shape index (κ2) is 35.4. The first-order valence-corrected chi connectivity index (χ1v) is 34.1. The number of nitrogens with one attached hydrogen (secondary N) is 2. The van der Waals surface area contributed by atoms with E-state index >= 15 is 0 Å². The highest BCUT2D eigenvalue weighted by molar-refractivity contribution is 7.19. The first kappa shape index (κ1) is 64.4. The van der Waals surface area contributed by atoms with E-state index in [1.165, 1.54) is 44.9 Å². The van der Waals surface area contributed by atoms with Gasteiger partial charge in [-0.2, -0.15) is 11.1 Å². The first-order valence-electron chi connectivity index (χ1n) is 29.9. The van der Waals surface area contributed by atoms with Crippen LogP contribution in [0.15, 0.2) is 0 Å². The fraction of sp³-hybridized carbons (Fsp3) is 0.965. The number of hydrogen-bond acceptors (Lipinski definition) is 11. The minimum absolute atomic E-state index is 0.00628. The van der Waals surface area contributed by atoms with Crippen LogP contribution in [-0.2, 0) is 33.2 Å². The van der Waals surface area contributed by atoms with Gasteiger partial charge in [0.2, 0.25) is 5.91 Å². The molecule has 0 bridgehead atoms. The van der Waals surface area contributed by atoms with E-state index in [4.69, 9.17) is 56.7 Å². The molecule has 4 saturated carbocycles. The van der Waals surface area contributed by atoms with Crippen molar-refractivity contribution in [3.05, 3.63) is 0 Å². The Morgan fingerprint density at radius 1 is 0.685 bits per heavy atom. The largest absolute Gasteiger partial charge is 0.378 e. The van der Waals surface area contributed by atoms with E-state index in [2.05, 4.69) is 56.3 Å². The third-order valence-electron chi connectivity index (χ3n) is 17.9. The summed E-state index contributed by atoms with van der Waals surface area (Å²) < 4.78 is 37.7. The standard InChI is InChI=1S/C57H111ClN6O8Si/c1-7-8-9-10-11-13-30-64(55(66)63-29-36-68-38-40-69-39-37-67-35-28-62-53(65)20-12-14-41-73(5,6)58)31-15-19-45(2)48-21-22-49-54-50(44-52(57(48,49)4)72-34-18-27-61)56(3)24-23-47(70-32-16-25-59)42-46(56)43-51(54)71-33-17-26-60/h45-52,54H,7-44,59-61H2,1-6H3,(H,62,65)(H,63,66)/t45-,46+,47-,48-,49+,50+,51-,52+,54+,56+,57-/m1/s1. The molecule has 0 unspecified atom stereocenters. The van der Waals surface area contributed by atoms with Crippen LogP contribution in [0.1, 0.15) is 163 Å².